The highest BCUT2D eigenvalue weighted by Gasteiger charge is 2.18. The van der Waals surface area contributed by atoms with Crippen molar-refractivity contribution in [2.24, 2.45) is 0 Å². The summed E-state index contributed by atoms with van der Waals surface area (Å²) in [4.78, 5) is 21.4. The van der Waals surface area contributed by atoms with Crippen molar-refractivity contribution in [2.45, 2.75) is 32.2 Å². The summed E-state index contributed by atoms with van der Waals surface area (Å²) in [6.07, 6.45) is 2.09. The lowest BCUT2D eigenvalue weighted by molar-refractivity contribution is -0.384. The van der Waals surface area contributed by atoms with Crippen LogP contribution in [-0.4, -0.2) is 29.2 Å². The van der Waals surface area contributed by atoms with E-state index in [0.29, 0.717) is 17.9 Å². The summed E-state index contributed by atoms with van der Waals surface area (Å²) < 4.78 is 4.98. The van der Waals surface area contributed by atoms with Crippen LogP contribution in [0.5, 0.6) is 5.75 Å². The number of nitro benzene ring substituents is 1. The predicted octanol–water partition coefficient (Wildman–Crippen LogP) is 2.66. The van der Waals surface area contributed by atoms with Gasteiger partial charge in [-0.15, -0.1) is 0 Å². The largest absolute Gasteiger partial charge is 0.496 e. The van der Waals surface area contributed by atoms with Crippen LogP contribution in [0.3, 0.4) is 0 Å². The van der Waals surface area contributed by atoms with Gasteiger partial charge in [0, 0.05) is 17.8 Å². The van der Waals surface area contributed by atoms with E-state index >= 15 is 0 Å². The van der Waals surface area contributed by atoms with E-state index in [-0.39, 0.29) is 5.69 Å². The third-order valence-corrected chi connectivity index (χ3v) is 2.82. The van der Waals surface area contributed by atoms with Crippen molar-refractivity contribution in [3.05, 3.63) is 28.3 Å². The molecule has 1 aromatic carbocycles. The molecule has 0 radical (unpaired) electrons. The number of hydrogen-bond acceptors (Lipinski definition) is 5. The summed E-state index contributed by atoms with van der Waals surface area (Å²) in [5.74, 6) is -0.676. The summed E-state index contributed by atoms with van der Waals surface area (Å²) in [7, 11) is 1.40. The van der Waals surface area contributed by atoms with Gasteiger partial charge < -0.3 is 15.2 Å². The third-order valence-electron chi connectivity index (χ3n) is 2.82. The number of hydrogen-bond donors (Lipinski definition) is 2. The monoisotopic (exact) mass is 282 g/mol. The van der Waals surface area contributed by atoms with Crippen molar-refractivity contribution in [1.29, 1.82) is 0 Å². The number of benzene rings is 1. The van der Waals surface area contributed by atoms with Crippen LogP contribution < -0.4 is 10.1 Å². The molecular formula is C13H18N2O5. The first-order chi connectivity index (χ1) is 9.47. The molecule has 0 bridgehead atoms. The summed E-state index contributed by atoms with van der Waals surface area (Å²) in [6, 6.07) is 3.34. The van der Waals surface area contributed by atoms with E-state index in [2.05, 4.69) is 5.32 Å². The molecule has 7 heteroatoms. The highest BCUT2D eigenvalue weighted by molar-refractivity contribution is 5.77. The van der Waals surface area contributed by atoms with Crippen LogP contribution in [0.4, 0.5) is 11.4 Å². The normalized spacial score (nSPS) is 11.7. The Bertz CT molecular complexity index is 490. The average Bonchev–Trinajstić information content (AvgIpc) is 2.42. The number of nitrogens with one attached hydrogen (secondary N) is 1. The van der Waals surface area contributed by atoms with Gasteiger partial charge in [-0.3, -0.25) is 10.1 Å². The Kier molecular flexibility index (Phi) is 5.76. The number of rotatable bonds is 8. The zero-order valence-corrected chi connectivity index (χ0v) is 11.5. The maximum Gasteiger partial charge on any atom is 0.326 e. The van der Waals surface area contributed by atoms with Crippen molar-refractivity contribution in [2.75, 3.05) is 12.4 Å². The predicted molar refractivity (Wildman–Crippen MR) is 74.2 cm³/mol. The first-order valence-electron chi connectivity index (χ1n) is 6.30. The minimum atomic E-state index is -0.982. The summed E-state index contributed by atoms with van der Waals surface area (Å²) in [5, 5.41) is 22.8. The minimum absolute atomic E-state index is 0.147. The van der Waals surface area contributed by atoms with Gasteiger partial charge in [0.15, 0.2) is 0 Å². The van der Waals surface area contributed by atoms with Gasteiger partial charge in [0.25, 0.3) is 5.69 Å². The van der Waals surface area contributed by atoms with Crippen LogP contribution in [0.15, 0.2) is 18.2 Å². The van der Waals surface area contributed by atoms with Gasteiger partial charge in [0.05, 0.1) is 18.1 Å². The molecular weight excluding hydrogens is 264 g/mol. The zero-order valence-electron chi connectivity index (χ0n) is 11.5. The molecule has 20 heavy (non-hydrogen) atoms. The lowest BCUT2D eigenvalue weighted by Gasteiger charge is -2.15. The molecule has 0 fully saturated rings. The fourth-order valence-corrected chi connectivity index (χ4v) is 1.76. The molecule has 1 unspecified atom stereocenters. The topological polar surface area (TPSA) is 102 Å². The second-order valence-electron chi connectivity index (χ2n) is 4.35. The number of unbranched alkanes of at least 4 members (excludes halogenated alkanes) is 1. The molecule has 1 rings (SSSR count). The quantitative estimate of drug-likeness (QED) is 0.561. The molecule has 2 N–H and O–H groups in total. The second-order valence-corrected chi connectivity index (χ2v) is 4.35. The summed E-state index contributed by atoms with van der Waals surface area (Å²) in [5.41, 5.74) is 0.214. The molecule has 0 aliphatic carbocycles. The van der Waals surface area contributed by atoms with Gasteiger partial charge in [-0.25, -0.2) is 4.79 Å². The van der Waals surface area contributed by atoms with Crippen molar-refractivity contribution in [3.8, 4) is 5.75 Å². The van der Waals surface area contributed by atoms with Gasteiger partial charge in [-0.05, 0) is 6.42 Å². The van der Waals surface area contributed by atoms with E-state index in [1.165, 1.54) is 25.3 Å². The number of ether oxygens (including phenoxy) is 1. The maximum atomic E-state index is 11.2. The van der Waals surface area contributed by atoms with E-state index in [4.69, 9.17) is 9.84 Å². The van der Waals surface area contributed by atoms with Crippen LogP contribution in [-0.2, 0) is 4.79 Å². The van der Waals surface area contributed by atoms with Gasteiger partial charge >= 0.3 is 5.97 Å². The number of anilines is 1. The molecule has 0 saturated heterocycles. The number of non-ortho nitro benzene ring substituents is 1. The van der Waals surface area contributed by atoms with Crippen LogP contribution in [0.25, 0.3) is 0 Å². The van der Waals surface area contributed by atoms with Gasteiger partial charge in [-0.2, -0.15) is 0 Å². The third kappa shape index (κ3) is 4.42. The number of carbonyl (C=O) groups is 1. The molecule has 1 atom stereocenters. The Morgan fingerprint density at radius 3 is 2.70 bits per heavy atom. The molecule has 0 heterocycles. The Morgan fingerprint density at radius 1 is 1.50 bits per heavy atom. The van der Waals surface area contributed by atoms with E-state index < -0.39 is 16.9 Å². The molecule has 0 amide bonds. The molecule has 0 saturated carbocycles. The number of carboxylic acids is 1. The van der Waals surface area contributed by atoms with Gasteiger partial charge in [-0.1, -0.05) is 19.8 Å². The number of methoxy groups -OCH3 is 1. The number of carboxylic acid groups (broad SMARTS) is 1. The molecule has 0 aromatic heterocycles. The van der Waals surface area contributed by atoms with Crippen molar-refractivity contribution < 1.29 is 19.6 Å². The fraction of sp³-hybridized carbons (Fsp3) is 0.462. The van der Waals surface area contributed by atoms with Crippen LogP contribution in [0.1, 0.15) is 26.2 Å². The second kappa shape index (κ2) is 7.32. The molecule has 0 spiro atoms. The van der Waals surface area contributed by atoms with Crippen LogP contribution >= 0.6 is 0 Å². The number of aliphatic carboxylic acids is 1. The molecule has 110 valence electrons. The van der Waals surface area contributed by atoms with E-state index in [9.17, 15) is 14.9 Å². The Balaban J connectivity index is 2.96. The highest BCUT2D eigenvalue weighted by Crippen LogP contribution is 2.26. The number of nitrogens with zero attached hydrogens (tertiary/aromatic N) is 1. The van der Waals surface area contributed by atoms with Crippen LogP contribution in [0, 0.1) is 10.1 Å². The Labute approximate surface area is 116 Å². The van der Waals surface area contributed by atoms with E-state index in [1.54, 1.807) is 0 Å². The first-order valence-corrected chi connectivity index (χ1v) is 6.30. The van der Waals surface area contributed by atoms with Gasteiger partial charge in [0.1, 0.15) is 11.8 Å². The molecule has 7 nitrogen and oxygen atoms in total. The number of nitro groups is 1. The lowest BCUT2D eigenvalue weighted by Crippen LogP contribution is -2.29. The highest BCUT2D eigenvalue weighted by atomic mass is 16.6. The fourth-order valence-electron chi connectivity index (χ4n) is 1.76. The minimum Gasteiger partial charge on any atom is -0.496 e. The average molecular weight is 282 g/mol. The molecule has 1 aromatic rings. The van der Waals surface area contributed by atoms with Crippen molar-refractivity contribution in [3.63, 3.8) is 0 Å². The molecule has 0 aliphatic rings. The van der Waals surface area contributed by atoms with E-state index in [1.807, 2.05) is 6.92 Å². The summed E-state index contributed by atoms with van der Waals surface area (Å²) >= 11 is 0. The summed E-state index contributed by atoms with van der Waals surface area (Å²) in [6.45, 7) is 1.97. The SMILES string of the molecule is CCCCC(Nc1cc(OC)cc([N+](=O)[O-])c1)C(=O)O. The zero-order chi connectivity index (χ0) is 15.1. The Hall–Kier alpha value is -2.31. The lowest BCUT2D eigenvalue weighted by atomic mass is 10.1. The first kappa shape index (κ1) is 15.7. The maximum absolute atomic E-state index is 11.2. The van der Waals surface area contributed by atoms with Crippen molar-refractivity contribution in [1.82, 2.24) is 0 Å². The van der Waals surface area contributed by atoms with Crippen LogP contribution in [0.2, 0.25) is 0 Å². The van der Waals surface area contributed by atoms with Crippen molar-refractivity contribution >= 4 is 17.3 Å². The van der Waals surface area contributed by atoms with E-state index in [0.717, 1.165) is 12.8 Å². The smallest absolute Gasteiger partial charge is 0.326 e. The Morgan fingerprint density at radius 2 is 2.20 bits per heavy atom. The van der Waals surface area contributed by atoms with Gasteiger partial charge in [0.2, 0.25) is 0 Å². The standard InChI is InChI=1S/C13H18N2O5/c1-3-4-5-12(13(16)17)14-9-6-10(15(18)19)8-11(7-9)20-2/h6-8,12,14H,3-5H2,1-2H3,(H,16,17). The molecule has 0 aliphatic heterocycles.